The maximum Gasteiger partial charge on any atom is 0.239 e. The molecule has 2 aliphatic rings. The van der Waals surface area contributed by atoms with Gasteiger partial charge in [0.25, 0.3) is 0 Å². The topological polar surface area (TPSA) is 69.3 Å². The maximum absolute atomic E-state index is 12.8. The van der Waals surface area contributed by atoms with Crippen LogP contribution in [0, 0.1) is 18.3 Å². The number of amides is 1. The van der Waals surface area contributed by atoms with Crippen molar-refractivity contribution in [2.45, 2.75) is 70.8 Å². The van der Waals surface area contributed by atoms with E-state index in [-0.39, 0.29) is 11.3 Å². The molecule has 0 aromatic carbocycles. The van der Waals surface area contributed by atoms with Crippen molar-refractivity contribution in [3.8, 4) is 6.07 Å². The molecule has 0 aliphatic heterocycles. The fourth-order valence-corrected chi connectivity index (χ4v) is 6.24. The molecule has 0 unspecified atom stereocenters. The summed E-state index contributed by atoms with van der Waals surface area (Å²) < 4.78 is 5.65. The number of nitriles is 1. The number of anilines is 1. The van der Waals surface area contributed by atoms with Crippen LogP contribution in [0.4, 0.5) is 5.00 Å². The lowest BCUT2D eigenvalue weighted by Gasteiger charge is -2.30. The smallest absolute Gasteiger partial charge is 0.239 e. The predicted octanol–water partition coefficient (Wildman–Crippen LogP) is 6.50. The lowest BCUT2D eigenvalue weighted by molar-refractivity contribution is -0.117. The highest BCUT2D eigenvalue weighted by atomic mass is 32.1. The Hall–Kier alpha value is -2.62. The Balaban J connectivity index is 1.54. The molecule has 2 aliphatic carbocycles. The zero-order valence-electron chi connectivity index (χ0n) is 20.0. The van der Waals surface area contributed by atoms with E-state index in [1.165, 1.54) is 19.3 Å². The van der Waals surface area contributed by atoms with Gasteiger partial charge in [-0.05, 0) is 63.1 Å². The van der Waals surface area contributed by atoms with E-state index in [9.17, 15) is 10.1 Å². The minimum Gasteiger partial charge on any atom is -0.462 e. The molecule has 2 heterocycles. The molecule has 6 heteroatoms. The Morgan fingerprint density at radius 3 is 2.73 bits per heavy atom. The first-order valence-corrected chi connectivity index (χ1v) is 12.6. The van der Waals surface area contributed by atoms with Gasteiger partial charge in [0.1, 0.15) is 22.6 Å². The number of likely N-dealkylation sites (N-methyl/N-ethyl adjacent to an activating group) is 1. The fourth-order valence-electron chi connectivity index (χ4n) is 4.99. The predicted molar refractivity (Wildman–Crippen MR) is 135 cm³/mol. The van der Waals surface area contributed by atoms with Crippen LogP contribution in [-0.2, 0) is 10.2 Å². The van der Waals surface area contributed by atoms with Gasteiger partial charge in [-0.2, -0.15) is 5.26 Å². The van der Waals surface area contributed by atoms with Gasteiger partial charge in [0.05, 0.1) is 12.1 Å². The number of hydrogen-bond acceptors (Lipinski definition) is 5. The Morgan fingerprint density at radius 1 is 1.30 bits per heavy atom. The molecule has 1 saturated carbocycles. The molecule has 0 spiro atoms. The number of hydrogen-bond donors (Lipinski definition) is 1. The number of carbonyl (C=O) groups is 1. The Bertz CT molecular complexity index is 1120. The van der Waals surface area contributed by atoms with Gasteiger partial charge in [-0.3, -0.25) is 9.69 Å². The van der Waals surface area contributed by atoms with Crippen LogP contribution in [0.1, 0.15) is 79.9 Å². The summed E-state index contributed by atoms with van der Waals surface area (Å²) in [6, 6.07) is 6.74. The number of nitrogens with zero attached hydrogens (tertiary/aromatic N) is 2. The van der Waals surface area contributed by atoms with Gasteiger partial charge in [-0.15, -0.1) is 11.3 Å². The molecule has 5 nitrogen and oxygen atoms in total. The normalized spacial score (nSPS) is 18.2. The first kappa shape index (κ1) is 23.5. The van der Waals surface area contributed by atoms with Crippen LogP contribution < -0.4 is 5.32 Å². The third-order valence-electron chi connectivity index (χ3n) is 6.71. The number of rotatable bonds is 6. The molecule has 1 amide bonds. The van der Waals surface area contributed by atoms with Crippen molar-refractivity contribution in [1.29, 1.82) is 5.26 Å². The summed E-state index contributed by atoms with van der Waals surface area (Å²) in [6.45, 7) is 6.68. The molecular formula is C27H33N3O2S. The zero-order chi connectivity index (χ0) is 23.6. The molecule has 33 heavy (non-hydrogen) atoms. The van der Waals surface area contributed by atoms with E-state index in [4.69, 9.17) is 4.42 Å². The first-order chi connectivity index (χ1) is 15.8. The summed E-state index contributed by atoms with van der Waals surface area (Å²) in [5.74, 6) is 1.65. The number of furan rings is 1. The van der Waals surface area contributed by atoms with E-state index in [1.54, 1.807) is 11.3 Å². The minimum absolute atomic E-state index is 0.0479. The maximum atomic E-state index is 12.8. The third kappa shape index (κ3) is 5.31. The van der Waals surface area contributed by atoms with Gasteiger partial charge in [0.2, 0.25) is 5.91 Å². The lowest BCUT2D eigenvalue weighted by Crippen LogP contribution is -2.39. The summed E-state index contributed by atoms with van der Waals surface area (Å²) in [5.41, 5.74) is 2.52. The van der Waals surface area contributed by atoms with Crippen LogP contribution in [-0.4, -0.2) is 30.4 Å². The second kappa shape index (κ2) is 9.70. The summed E-state index contributed by atoms with van der Waals surface area (Å²) in [5, 5.41) is 13.7. The molecule has 1 fully saturated rings. The minimum atomic E-state index is -0.124. The van der Waals surface area contributed by atoms with Crippen molar-refractivity contribution < 1.29 is 9.21 Å². The molecule has 1 N–H and O–H groups in total. The van der Waals surface area contributed by atoms with E-state index < -0.39 is 0 Å². The molecule has 4 rings (SSSR count). The monoisotopic (exact) mass is 463 g/mol. The summed E-state index contributed by atoms with van der Waals surface area (Å²) >= 11 is 1.54. The average Bonchev–Trinajstić information content (AvgIpc) is 3.35. The van der Waals surface area contributed by atoms with Crippen molar-refractivity contribution in [1.82, 2.24) is 4.90 Å². The third-order valence-corrected chi connectivity index (χ3v) is 8.20. The van der Waals surface area contributed by atoms with Gasteiger partial charge in [-0.1, -0.05) is 39.2 Å². The quantitative estimate of drug-likeness (QED) is 0.531. The van der Waals surface area contributed by atoms with Crippen LogP contribution in [0.3, 0.4) is 0 Å². The standard InChI is InChI=1S/C27H33N3O2S/c1-18-10-12-21(32-18)13-11-19-14-22-23(16-28)26(33-25(22)27(2,3)15-19)29-24(31)17-30(4)20-8-6-5-7-9-20/h10-14,20H,5-9,15,17H2,1-4H3,(H,29,31). The highest BCUT2D eigenvalue weighted by Gasteiger charge is 2.33. The highest BCUT2D eigenvalue weighted by molar-refractivity contribution is 7.17. The fraction of sp³-hybridized carbons (Fsp3) is 0.481. The Labute approximate surface area is 200 Å². The summed E-state index contributed by atoms with van der Waals surface area (Å²) in [4.78, 5) is 16.2. The molecule has 2 aromatic heterocycles. The van der Waals surface area contributed by atoms with Crippen molar-refractivity contribution in [2.24, 2.45) is 0 Å². The largest absolute Gasteiger partial charge is 0.462 e. The average molecular weight is 464 g/mol. The van der Waals surface area contributed by atoms with E-state index >= 15 is 0 Å². The van der Waals surface area contributed by atoms with Crippen molar-refractivity contribution in [3.05, 3.63) is 51.3 Å². The Kier molecular flexibility index (Phi) is 6.92. The van der Waals surface area contributed by atoms with Gasteiger partial charge in [0.15, 0.2) is 0 Å². The van der Waals surface area contributed by atoms with Crippen LogP contribution in [0.25, 0.3) is 12.2 Å². The SMILES string of the molecule is Cc1ccc(C=CC2=Cc3c(sc(NC(=O)CN(C)C4CCCCC4)c3C#N)C(C)(C)C2)o1. The van der Waals surface area contributed by atoms with Crippen LogP contribution in [0.15, 0.2) is 28.2 Å². The second-order valence-electron chi connectivity index (χ2n) is 9.98. The zero-order valence-corrected chi connectivity index (χ0v) is 20.8. The number of fused-ring (bicyclic) bond motifs is 1. The molecule has 0 saturated heterocycles. The van der Waals surface area contributed by atoms with E-state index in [2.05, 4.69) is 42.3 Å². The van der Waals surface area contributed by atoms with Crippen LogP contribution >= 0.6 is 11.3 Å². The van der Waals surface area contributed by atoms with E-state index in [0.717, 1.165) is 46.8 Å². The second-order valence-corrected chi connectivity index (χ2v) is 11.0. The molecule has 0 atom stereocenters. The van der Waals surface area contributed by atoms with Gasteiger partial charge in [0, 0.05) is 21.9 Å². The van der Waals surface area contributed by atoms with Gasteiger partial charge < -0.3 is 9.73 Å². The Morgan fingerprint density at radius 2 is 2.06 bits per heavy atom. The number of carbonyl (C=O) groups excluding carboxylic acids is 1. The molecular weight excluding hydrogens is 430 g/mol. The number of allylic oxidation sites excluding steroid dienone is 2. The molecule has 0 bridgehead atoms. The molecule has 0 radical (unpaired) electrons. The molecule has 2 aromatic rings. The van der Waals surface area contributed by atoms with Gasteiger partial charge >= 0.3 is 0 Å². The highest BCUT2D eigenvalue weighted by Crippen LogP contribution is 2.47. The van der Waals surface area contributed by atoms with Gasteiger partial charge in [-0.25, -0.2) is 0 Å². The van der Waals surface area contributed by atoms with Crippen molar-refractivity contribution >= 4 is 34.4 Å². The number of aryl methyl sites for hydroxylation is 1. The number of nitrogens with one attached hydrogen (secondary N) is 1. The summed E-state index contributed by atoms with van der Waals surface area (Å²) in [7, 11) is 2.03. The molecule has 174 valence electrons. The first-order valence-electron chi connectivity index (χ1n) is 11.8. The summed E-state index contributed by atoms with van der Waals surface area (Å²) in [6.07, 6.45) is 13.1. The number of thiophene rings is 1. The lowest BCUT2D eigenvalue weighted by atomic mass is 9.77. The van der Waals surface area contributed by atoms with Crippen LogP contribution in [0.2, 0.25) is 0 Å². The van der Waals surface area contributed by atoms with Crippen molar-refractivity contribution in [2.75, 3.05) is 18.9 Å². The van der Waals surface area contributed by atoms with E-state index in [0.29, 0.717) is 23.2 Å². The van der Waals surface area contributed by atoms with E-state index in [1.807, 2.05) is 32.2 Å². The van der Waals surface area contributed by atoms with Crippen molar-refractivity contribution in [3.63, 3.8) is 0 Å². The van der Waals surface area contributed by atoms with Crippen LogP contribution in [0.5, 0.6) is 0 Å².